The molecule has 0 saturated carbocycles. The van der Waals surface area contributed by atoms with Gasteiger partial charge in [-0.2, -0.15) is 0 Å². The normalized spacial score (nSPS) is 13.3. The molecule has 0 saturated heterocycles. The lowest BCUT2D eigenvalue weighted by atomic mass is 10.1. The predicted molar refractivity (Wildman–Crippen MR) is 89.6 cm³/mol. The number of esters is 2. The van der Waals surface area contributed by atoms with Gasteiger partial charge >= 0.3 is 11.9 Å². The molecule has 23 heavy (non-hydrogen) atoms. The second-order valence-corrected chi connectivity index (χ2v) is 6.57. The van der Waals surface area contributed by atoms with E-state index in [0.717, 1.165) is 23.4 Å². The van der Waals surface area contributed by atoms with Crippen LogP contribution in [0.4, 0.5) is 0 Å². The van der Waals surface area contributed by atoms with Gasteiger partial charge in [-0.05, 0) is 44.6 Å². The Morgan fingerprint density at radius 2 is 2.04 bits per heavy atom. The molecule has 124 valence electrons. The quantitative estimate of drug-likeness (QED) is 0.588. The topological polar surface area (TPSA) is 55.8 Å². The Bertz CT molecular complexity index is 625. The minimum Gasteiger partial charge on any atom is -0.465 e. The van der Waals surface area contributed by atoms with Crippen LogP contribution in [-0.2, 0) is 20.7 Å². The summed E-state index contributed by atoms with van der Waals surface area (Å²) in [5.74, 6) is -0.682. The molecule has 0 N–H and O–H groups in total. The largest absolute Gasteiger partial charge is 0.465 e. The number of fused-ring (bicyclic) bond motifs is 1. The zero-order valence-electron chi connectivity index (χ0n) is 13.6. The van der Waals surface area contributed by atoms with E-state index >= 15 is 0 Å². The van der Waals surface area contributed by atoms with E-state index in [-0.39, 0.29) is 11.9 Å². The summed E-state index contributed by atoms with van der Waals surface area (Å²) in [7, 11) is 5.32. The fourth-order valence-electron chi connectivity index (χ4n) is 2.17. The summed E-state index contributed by atoms with van der Waals surface area (Å²) in [5, 5.41) is 0. The molecule has 0 atom stereocenters. The number of nitrogens with zero attached hydrogens (tertiary/aromatic N) is 1. The van der Waals surface area contributed by atoms with Crippen molar-refractivity contribution in [2.75, 3.05) is 34.4 Å². The lowest BCUT2D eigenvalue weighted by Gasteiger charge is -2.16. The lowest BCUT2D eigenvalue weighted by Crippen LogP contribution is -2.17. The van der Waals surface area contributed by atoms with Gasteiger partial charge in [0.1, 0.15) is 0 Å². The maximum atomic E-state index is 12.1. The predicted octanol–water partition coefficient (Wildman–Crippen LogP) is 2.50. The van der Waals surface area contributed by atoms with Crippen molar-refractivity contribution < 1.29 is 19.1 Å². The molecule has 1 aromatic carbocycles. The van der Waals surface area contributed by atoms with Crippen LogP contribution >= 0.6 is 11.8 Å². The van der Waals surface area contributed by atoms with Gasteiger partial charge in [-0.1, -0.05) is 23.9 Å². The Hall–Kier alpha value is -1.79. The van der Waals surface area contributed by atoms with Gasteiger partial charge in [-0.3, -0.25) is 0 Å². The highest BCUT2D eigenvalue weighted by atomic mass is 32.2. The van der Waals surface area contributed by atoms with Crippen molar-refractivity contribution in [2.24, 2.45) is 0 Å². The van der Waals surface area contributed by atoms with E-state index in [1.165, 1.54) is 18.9 Å². The van der Waals surface area contributed by atoms with Gasteiger partial charge in [-0.15, -0.1) is 0 Å². The number of rotatable bonds is 6. The van der Waals surface area contributed by atoms with Crippen LogP contribution < -0.4 is 0 Å². The number of allylic oxidation sites excluding steroid dienone is 1. The SMILES string of the molecule is COC(=O)c1ccc2c(c1)SC(C(=O)OCCCN(C)C)=CC2. The minimum atomic E-state index is -0.379. The molecule has 1 heterocycles. The fraction of sp³-hybridized carbons (Fsp3) is 0.412. The highest BCUT2D eigenvalue weighted by Crippen LogP contribution is 2.36. The summed E-state index contributed by atoms with van der Waals surface area (Å²) >= 11 is 1.34. The molecule has 6 heteroatoms. The molecule has 0 amide bonds. The third-order valence-corrected chi connectivity index (χ3v) is 4.55. The first kappa shape index (κ1) is 17.6. The molecule has 0 spiro atoms. The van der Waals surface area contributed by atoms with Crippen LogP contribution in [0, 0.1) is 0 Å². The van der Waals surface area contributed by atoms with Gasteiger partial charge in [0, 0.05) is 11.4 Å². The summed E-state index contributed by atoms with van der Waals surface area (Å²) in [6.45, 7) is 1.29. The van der Waals surface area contributed by atoms with Gasteiger partial charge < -0.3 is 14.4 Å². The third kappa shape index (κ3) is 4.84. The second kappa shape index (κ2) is 8.17. The van der Waals surface area contributed by atoms with Gasteiger partial charge in [0.25, 0.3) is 0 Å². The molecule has 0 aromatic heterocycles. The minimum absolute atomic E-state index is 0.303. The first-order valence-electron chi connectivity index (χ1n) is 7.42. The van der Waals surface area contributed by atoms with E-state index in [0.29, 0.717) is 23.5 Å². The van der Waals surface area contributed by atoms with E-state index in [4.69, 9.17) is 9.47 Å². The monoisotopic (exact) mass is 335 g/mol. The number of ether oxygens (including phenoxy) is 2. The van der Waals surface area contributed by atoms with Crippen molar-refractivity contribution in [2.45, 2.75) is 17.7 Å². The van der Waals surface area contributed by atoms with Gasteiger partial charge in [0.05, 0.1) is 24.2 Å². The van der Waals surface area contributed by atoms with Crippen LogP contribution in [0.1, 0.15) is 22.3 Å². The molecule has 2 rings (SSSR count). The Kier molecular flexibility index (Phi) is 6.24. The molecule has 1 aromatic rings. The van der Waals surface area contributed by atoms with Crippen molar-refractivity contribution in [1.82, 2.24) is 4.90 Å². The number of carbonyl (C=O) groups is 2. The Balaban J connectivity index is 1.96. The number of thioether (sulfide) groups is 1. The van der Waals surface area contributed by atoms with E-state index < -0.39 is 0 Å². The molecule has 0 fully saturated rings. The van der Waals surface area contributed by atoms with E-state index in [2.05, 4.69) is 0 Å². The van der Waals surface area contributed by atoms with Crippen LogP contribution in [0.3, 0.4) is 0 Å². The van der Waals surface area contributed by atoms with Crippen LogP contribution in [0.2, 0.25) is 0 Å². The number of benzene rings is 1. The first-order chi connectivity index (χ1) is 11.0. The average molecular weight is 335 g/mol. The number of hydrogen-bond donors (Lipinski definition) is 0. The zero-order chi connectivity index (χ0) is 16.8. The summed E-state index contributed by atoms with van der Waals surface area (Å²) in [6, 6.07) is 5.39. The molecule has 0 radical (unpaired) electrons. The number of carbonyl (C=O) groups excluding carboxylic acids is 2. The average Bonchev–Trinajstić information content (AvgIpc) is 2.56. The Morgan fingerprint density at radius 1 is 1.26 bits per heavy atom. The van der Waals surface area contributed by atoms with Gasteiger partial charge in [0.15, 0.2) is 0 Å². The third-order valence-electron chi connectivity index (χ3n) is 3.40. The summed E-state index contributed by atoms with van der Waals surface area (Å²) in [5.41, 5.74) is 1.58. The molecule has 0 unspecified atom stereocenters. The molecule has 5 nitrogen and oxygen atoms in total. The second-order valence-electron chi connectivity index (χ2n) is 5.48. The van der Waals surface area contributed by atoms with Crippen molar-refractivity contribution >= 4 is 23.7 Å². The fourth-order valence-corrected chi connectivity index (χ4v) is 3.18. The van der Waals surface area contributed by atoms with Crippen molar-refractivity contribution in [3.8, 4) is 0 Å². The standard InChI is InChI=1S/C17H21NO4S/c1-18(2)9-4-10-22-17(20)14-8-7-12-5-6-13(16(19)21-3)11-15(12)23-14/h5-6,8,11H,4,7,9-10H2,1-3H3. The molecule has 0 bridgehead atoms. The highest BCUT2D eigenvalue weighted by molar-refractivity contribution is 8.04. The van der Waals surface area contributed by atoms with Crippen LogP contribution in [0.5, 0.6) is 0 Å². The van der Waals surface area contributed by atoms with Crippen LogP contribution in [0.25, 0.3) is 0 Å². The van der Waals surface area contributed by atoms with Crippen LogP contribution in [0.15, 0.2) is 34.1 Å². The first-order valence-corrected chi connectivity index (χ1v) is 8.24. The van der Waals surface area contributed by atoms with E-state index in [1.807, 2.05) is 31.1 Å². The zero-order valence-corrected chi connectivity index (χ0v) is 14.4. The van der Waals surface area contributed by atoms with Crippen molar-refractivity contribution in [1.29, 1.82) is 0 Å². The lowest BCUT2D eigenvalue weighted by molar-refractivity contribution is -0.138. The molecular weight excluding hydrogens is 314 g/mol. The molecular formula is C17H21NO4S. The summed E-state index contributed by atoms with van der Waals surface area (Å²) in [6.07, 6.45) is 3.34. The number of hydrogen-bond acceptors (Lipinski definition) is 6. The number of methoxy groups -OCH3 is 1. The Morgan fingerprint density at radius 3 is 2.74 bits per heavy atom. The maximum Gasteiger partial charge on any atom is 0.344 e. The Labute approximate surface area is 140 Å². The van der Waals surface area contributed by atoms with E-state index in [1.54, 1.807) is 12.1 Å². The van der Waals surface area contributed by atoms with Crippen LogP contribution in [-0.4, -0.2) is 51.2 Å². The van der Waals surface area contributed by atoms with Crippen molar-refractivity contribution in [3.63, 3.8) is 0 Å². The molecule has 1 aliphatic heterocycles. The summed E-state index contributed by atoms with van der Waals surface area (Å²) in [4.78, 5) is 27.2. The van der Waals surface area contributed by atoms with Crippen molar-refractivity contribution in [3.05, 3.63) is 40.3 Å². The smallest absolute Gasteiger partial charge is 0.344 e. The van der Waals surface area contributed by atoms with Gasteiger partial charge in [-0.25, -0.2) is 9.59 Å². The highest BCUT2D eigenvalue weighted by Gasteiger charge is 2.20. The van der Waals surface area contributed by atoms with Gasteiger partial charge in [0.2, 0.25) is 0 Å². The summed E-state index contributed by atoms with van der Waals surface area (Å²) < 4.78 is 10.0. The molecule has 0 aliphatic carbocycles. The molecule has 1 aliphatic rings. The van der Waals surface area contributed by atoms with E-state index in [9.17, 15) is 9.59 Å². The maximum absolute atomic E-state index is 12.1.